The van der Waals surface area contributed by atoms with Crippen molar-refractivity contribution in [3.63, 3.8) is 0 Å². The number of fused-ring (bicyclic) bond motifs is 1. The summed E-state index contributed by atoms with van der Waals surface area (Å²) in [5.74, 6) is -2.26. The number of thiophene rings is 1. The predicted molar refractivity (Wildman–Crippen MR) is 116 cm³/mol. The van der Waals surface area contributed by atoms with Crippen molar-refractivity contribution in [2.45, 2.75) is 39.5 Å². The standard InChI is InChI=1S/C22H23N3O5S/c1-11-9-13(10-15-18(26)23(3)22(30)24(4)19(15)27)12(2)25(11)20-17(21(28)29)14-7-5-6-8-16(14)31-20/h9-10H,5-8H2,1-4H3,(H,28,29). The van der Waals surface area contributed by atoms with Crippen molar-refractivity contribution < 1.29 is 24.3 Å². The number of carbonyl (C=O) groups excluding carboxylic acids is 3. The maximum Gasteiger partial charge on any atom is 0.339 e. The molecule has 1 aliphatic heterocycles. The van der Waals surface area contributed by atoms with Crippen LogP contribution in [0.4, 0.5) is 4.79 Å². The van der Waals surface area contributed by atoms with Gasteiger partial charge in [0.15, 0.2) is 0 Å². The molecule has 1 N–H and O–H groups in total. The normalized spacial score (nSPS) is 16.8. The van der Waals surface area contributed by atoms with Crippen LogP contribution in [0.25, 0.3) is 11.1 Å². The molecular formula is C22H23N3O5S. The van der Waals surface area contributed by atoms with Crippen LogP contribution in [0.5, 0.6) is 0 Å². The fourth-order valence-corrected chi connectivity index (χ4v) is 5.80. The topological polar surface area (TPSA) is 99.9 Å². The number of carboxylic acids is 1. The Morgan fingerprint density at radius 1 is 1.06 bits per heavy atom. The second kappa shape index (κ2) is 7.49. The third kappa shape index (κ3) is 3.20. The lowest BCUT2D eigenvalue weighted by Crippen LogP contribution is -2.52. The van der Waals surface area contributed by atoms with Crippen molar-refractivity contribution >= 4 is 41.2 Å². The molecule has 2 aliphatic rings. The molecule has 0 unspecified atom stereocenters. The SMILES string of the molecule is Cc1cc(C=C2C(=O)N(C)C(=O)N(C)C2=O)c(C)n1-c1sc2c(c1C(=O)O)CCCC2. The number of imide groups is 2. The summed E-state index contributed by atoms with van der Waals surface area (Å²) in [6.45, 7) is 3.70. The van der Waals surface area contributed by atoms with Gasteiger partial charge < -0.3 is 9.67 Å². The van der Waals surface area contributed by atoms with E-state index in [1.165, 1.54) is 31.5 Å². The molecule has 1 aliphatic carbocycles. The number of hydrogen-bond donors (Lipinski definition) is 1. The summed E-state index contributed by atoms with van der Waals surface area (Å²) < 4.78 is 1.88. The van der Waals surface area contributed by atoms with Crippen LogP contribution in [0.1, 0.15) is 50.6 Å². The van der Waals surface area contributed by atoms with E-state index in [0.717, 1.165) is 57.3 Å². The zero-order valence-electron chi connectivity index (χ0n) is 17.8. The van der Waals surface area contributed by atoms with Crippen molar-refractivity contribution in [2.24, 2.45) is 0 Å². The zero-order chi connectivity index (χ0) is 22.6. The number of carboxylic acid groups (broad SMARTS) is 1. The van der Waals surface area contributed by atoms with Crippen LogP contribution in [0.15, 0.2) is 11.6 Å². The first-order chi connectivity index (χ1) is 14.6. The van der Waals surface area contributed by atoms with Crippen molar-refractivity contribution in [1.82, 2.24) is 14.4 Å². The maximum atomic E-state index is 12.6. The molecule has 0 spiro atoms. The molecule has 8 nitrogen and oxygen atoms in total. The van der Waals surface area contributed by atoms with Gasteiger partial charge in [-0.2, -0.15) is 0 Å². The highest BCUT2D eigenvalue weighted by molar-refractivity contribution is 7.15. The van der Waals surface area contributed by atoms with Crippen LogP contribution >= 0.6 is 11.3 Å². The molecule has 0 radical (unpaired) electrons. The number of likely N-dealkylation sites (N-methyl/N-ethyl adjacent to an activating group) is 2. The number of aromatic carboxylic acids is 1. The summed E-state index contributed by atoms with van der Waals surface area (Å²) in [5, 5.41) is 10.6. The molecule has 0 bridgehead atoms. The highest BCUT2D eigenvalue weighted by Gasteiger charge is 2.38. The number of amides is 4. The molecule has 3 heterocycles. The highest BCUT2D eigenvalue weighted by Crippen LogP contribution is 2.39. The summed E-state index contributed by atoms with van der Waals surface area (Å²) in [6, 6.07) is 1.15. The molecule has 1 saturated heterocycles. The number of rotatable bonds is 3. The first-order valence-electron chi connectivity index (χ1n) is 10.0. The Hall–Kier alpha value is -3.20. The van der Waals surface area contributed by atoms with Crippen LogP contribution in [0.3, 0.4) is 0 Å². The summed E-state index contributed by atoms with van der Waals surface area (Å²) in [5.41, 5.74) is 3.33. The Balaban J connectivity index is 1.85. The van der Waals surface area contributed by atoms with Gasteiger partial charge in [-0.3, -0.25) is 19.4 Å². The van der Waals surface area contributed by atoms with Gasteiger partial charge in [0, 0.05) is 30.4 Å². The van der Waals surface area contributed by atoms with E-state index in [1.54, 1.807) is 0 Å². The average molecular weight is 442 g/mol. The quantitative estimate of drug-likeness (QED) is 0.583. The van der Waals surface area contributed by atoms with E-state index in [4.69, 9.17) is 0 Å². The van der Waals surface area contributed by atoms with E-state index in [9.17, 15) is 24.3 Å². The van der Waals surface area contributed by atoms with Gasteiger partial charge in [-0.25, -0.2) is 9.59 Å². The van der Waals surface area contributed by atoms with E-state index < -0.39 is 23.8 Å². The Labute approximate surface area is 183 Å². The van der Waals surface area contributed by atoms with Gasteiger partial charge in [0.1, 0.15) is 10.6 Å². The first-order valence-corrected chi connectivity index (χ1v) is 10.8. The highest BCUT2D eigenvalue weighted by atomic mass is 32.1. The van der Waals surface area contributed by atoms with Gasteiger partial charge in [0.05, 0.1) is 5.56 Å². The van der Waals surface area contributed by atoms with E-state index in [1.807, 2.05) is 24.5 Å². The largest absolute Gasteiger partial charge is 0.478 e. The van der Waals surface area contributed by atoms with Crippen molar-refractivity contribution in [3.05, 3.63) is 44.6 Å². The molecule has 0 atom stereocenters. The Bertz CT molecular complexity index is 1160. The molecule has 0 aromatic carbocycles. The number of barbiturate groups is 1. The van der Waals surface area contributed by atoms with E-state index >= 15 is 0 Å². The molecule has 31 heavy (non-hydrogen) atoms. The number of aryl methyl sites for hydroxylation is 2. The van der Waals surface area contributed by atoms with Gasteiger partial charge >= 0.3 is 12.0 Å². The minimum absolute atomic E-state index is 0.103. The van der Waals surface area contributed by atoms with Gasteiger partial charge in [-0.15, -0.1) is 11.3 Å². The van der Waals surface area contributed by atoms with Crippen LogP contribution < -0.4 is 0 Å². The monoisotopic (exact) mass is 441 g/mol. The second-order valence-corrected chi connectivity index (χ2v) is 9.01. The average Bonchev–Trinajstić information content (AvgIpc) is 3.24. The Morgan fingerprint density at radius 2 is 1.68 bits per heavy atom. The number of aromatic nitrogens is 1. The third-order valence-corrected chi connectivity index (χ3v) is 7.26. The molecule has 1 fully saturated rings. The molecule has 0 saturated carbocycles. The lowest BCUT2D eigenvalue weighted by atomic mass is 9.95. The minimum atomic E-state index is -0.943. The molecule has 4 rings (SSSR count). The van der Waals surface area contributed by atoms with Crippen LogP contribution in [-0.4, -0.2) is 57.4 Å². The first kappa shape index (κ1) is 21.0. The lowest BCUT2D eigenvalue weighted by Gasteiger charge is -2.28. The summed E-state index contributed by atoms with van der Waals surface area (Å²) >= 11 is 1.50. The van der Waals surface area contributed by atoms with E-state index in [-0.39, 0.29) is 5.57 Å². The molecule has 2 aromatic rings. The van der Waals surface area contributed by atoms with Crippen molar-refractivity contribution in [3.8, 4) is 5.00 Å². The minimum Gasteiger partial charge on any atom is -0.478 e. The molecular weight excluding hydrogens is 418 g/mol. The predicted octanol–water partition coefficient (Wildman–Crippen LogP) is 3.17. The van der Waals surface area contributed by atoms with Crippen LogP contribution in [0, 0.1) is 13.8 Å². The second-order valence-electron chi connectivity index (χ2n) is 7.93. The Morgan fingerprint density at radius 3 is 2.29 bits per heavy atom. The smallest absolute Gasteiger partial charge is 0.339 e. The van der Waals surface area contributed by atoms with Gasteiger partial charge in [0.25, 0.3) is 11.8 Å². The van der Waals surface area contributed by atoms with Crippen LogP contribution in [-0.2, 0) is 22.4 Å². The van der Waals surface area contributed by atoms with E-state index in [0.29, 0.717) is 16.1 Å². The zero-order valence-corrected chi connectivity index (χ0v) is 18.6. The van der Waals surface area contributed by atoms with Crippen molar-refractivity contribution in [2.75, 3.05) is 14.1 Å². The molecule has 9 heteroatoms. The maximum absolute atomic E-state index is 12.6. The number of urea groups is 1. The number of carbonyl (C=O) groups is 4. The lowest BCUT2D eigenvalue weighted by molar-refractivity contribution is -0.134. The fraction of sp³-hybridized carbons (Fsp3) is 0.364. The molecule has 162 valence electrons. The number of nitrogens with zero attached hydrogens (tertiary/aromatic N) is 3. The summed E-state index contributed by atoms with van der Waals surface area (Å²) in [4.78, 5) is 52.1. The summed E-state index contributed by atoms with van der Waals surface area (Å²) in [6.07, 6.45) is 5.16. The van der Waals surface area contributed by atoms with Gasteiger partial charge in [-0.05, 0) is 62.8 Å². The molecule has 4 amide bonds. The number of hydrogen-bond acceptors (Lipinski definition) is 5. The third-order valence-electron chi connectivity index (χ3n) is 5.98. The van der Waals surface area contributed by atoms with Gasteiger partial charge in [-0.1, -0.05) is 0 Å². The summed E-state index contributed by atoms with van der Waals surface area (Å²) in [7, 11) is 2.67. The fourth-order valence-electron chi connectivity index (χ4n) is 4.31. The van der Waals surface area contributed by atoms with Crippen LogP contribution in [0.2, 0.25) is 0 Å². The van der Waals surface area contributed by atoms with Crippen molar-refractivity contribution in [1.29, 1.82) is 0 Å². The molecule has 2 aromatic heterocycles. The van der Waals surface area contributed by atoms with E-state index in [2.05, 4.69) is 0 Å². The van der Waals surface area contributed by atoms with Gasteiger partial charge in [0.2, 0.25) is 0 Å². The Kier molecular flexibility index (Phi) is 5.09.